The number of carbonyl (C=O) groups is 1. The molecule has 2 unspecified atom stereocenters. The van der Waals surface area contributed by atoms with Crippen molar-refractivity contribution in [2.24, 2.45) is 5.92 Å². The molecule has 2 N–H and O–H groups in total. The standard InChI is InChI=1S/C16H20F4N2O2/c1-22(9-14(23)11-2-3-11)15(24)21-13(8-16(18,19)20)10-4-6-12(17)7-5-10/h4-7,11,13-14,23H,2-3,8-9H2,1H3,(H,21,24). The van der Waals surface area contributed by atoms with Gasteiger partial charge in [0.25, 0.3) is 0 Å². The summed E-state index contributed by atoms with van der Waals surface area (Å²) in [5, 5.41) is 12.1. The Morgan fingerprint density at radius 2 is 1.92 bits per heavy atom. The molecule has 0 radical (unpaired) electrons. The fourth-order valence-corrected chi connectivity index (χ4v) is 2.43. The Hall–Kier alpha value is -1.83. The summed E-state index contributed by atoms with van der Waals surface area (Å²) in [7, 11) is 1.41. The first-order chi connectivity index (χ1) is 11.2. The van der Waals surface area contributed by atoms with Gasteiger partial charge in [0.15, 0.2) is 0 Å². The molecule has 1 aromatic carbocycles. The second-order valence-electron chi connectivity index (χ2n) is 6.16. The van der Waals surface area contributed by atoms with Crippen LogP contribution in [-0.4, -0.2) is 41.9 Å². The Balaban J connectivity index is 2.03. The summed E-state index contributed by atoms with van der Waals surface area (Å²) in [6.45, 7) is 0.0542. The Morgan fingerprint density at radius 1 is 1.33 bits per heavy atom. The van der Waals surface area contributed by atoms with Gasteiger partial charge >= 0.3 is 12.2 Å². The van der Waals surface area contributed by atoms with E-state index in [0.29, 0.717) is 0 Å². The molecule has 8 heteroatoms. The van der Waals surface area contributed by atoms with Crippen LogP contribution in [-0.2, 0) is 0 Å². The first kappa shape index (κ1) is 18.5. The topological polar surface area (TPSA) is 52.6 Å². The molecule has 2 amide bonds. The Kier molecular flexibility index (Phi) is 5.69. The molecule has 0 heterocycles. The first-order valence-corrected chi connectivity index (χ1v) is 7.67. The average molecular weight is 348 g/mol. The number of aliphatic hydroxyl groups is 1. The summed E-state index contributed by atoms with van der Waals surface area (Å²) in [5.74, 6) is -0.413. The van der Waals surface area contributed by atoms with E-state index in [0.717, 1.165) is 29.9 Å². The average Bonchev–Trinajstić information content (AvgIpc) is 3.30. The molecule has 0 saturated heterocycles. The zero-order chi connectivity index (χ0) is 17.9. The molecule has 0 spiro atoms. The Labute approximate surface area is 137 Å². The highest BCUT2D eigenvalue weighted by molar-refractivity contribution is 5.74. The van der Waals surface area contributed by atoms with Gasteiger partial charge in [-0.05, 0) is 36.5 Å². The fraction of sp³-hybridized carbons (Fsp3) is 0.562. The quantitative estimate of drug-likeness (QED) is 0.776. The van der Waals surface area contributed by atoms with E-state index in [1.807, 2.05) is 0 Å². The highest BCUT2D eigenvalue weighted by Gasteiger charge is 2.35. The van der Waals surface area contributed by atoms with E-state index in [-0.39, 0.29) is 18.0 Å². The van der Waals surface area contributed by atoms with E-state index in [2.05, 4.69) is 5.32 Å². The lowest BCUT2D eigenvalue weighted by molar-refractivity contribution is -0.139. The second-order valence-corrected chi connectivity index (χ2v) is 6.16. The highest BCUT2D eigenvalue weighted by Crippen LogP contribution is 2.33. The van der Waals surface area contributed by atoms with Crippen molar-refractivity contribution >= 4 is 6.03 Å². The molecule has 2 atom stereocenters. The molecule has 0 aromatic heterocycles. The smallest absolute Gasteiger partial charge is 0.391 e. The Morgan fingerprint density at radius 3 is 2.42 bits per heavy atom. The molecule has 24 heavy (non-hydrogen) atoms. The number of halogens is 4. The number of amides is 2. The van der Waals surface area contributed by atoms with Crippen molar-refractivity contribution < 1.29 is 27.5 Å². The third-order valence-electron chi connectivity index (χ3n) is 3.98. The van der Waals surface area contributed by atoms with Crippen LogP contribution in [0.25, 0.3) is 0 Å². The molecule has 4 nitrogen and oxygen atoms in total. The lowest BCUT2D eigenvalue weighted by Crippen LogP contribution is -2.44. The summed E-state index contributed by atoms with van der Waals surface area (Å²) in [6, 6.07) is 2.49. The summed E-state index contributed by atoms with van der Waals surface area (Å²) in [6.07, 6.45) is -4.64. The summed E-state index contributed by atoms with van der Waals surface area (Å²) in [5.41, 5.74) is 0.165. The van der Waals surface area contributed by atoms with Gasteiger partial charge in [0.05, 0.1) is 18.6 Å². The molecule has 1 saturated carbocycles. The van der Waals surface area contributed by atoms with Crippen molar-refractivity contribution in [3.8, 4) is 0 Å². The van der Waals surface area contributed by atoms with Gasteiger partial charge in [0.2, 0.25) is 0 Å². The van der Waals surface area contributed by atoms with Crippen LogP contribution in [0.2, 0.25) is 0 Å². The lowest BCUT2D eigenvalue weighted by atomic mass is 10.0. The number of nitrogens with zero attached hydrogens (tertiary/aromatic N) is 1. The fourth-order valence-electron chi connectivity index (χ4n) is 2.43. The number of hydrogen-bond donors (Lipinski definition) is 2. The minimum absolute atomic E-state index is 0.0542. The van der Waals surface area contributed by atoms with Crippen LogP contribution in [0.15, 0.2) is 24.3 Å². The molecule has 1 aromatic rings. The van der Waals surface area contributed by atoms with Gasteiger partial charge in [-0.25, -0.2) is 9.18 Å². The first-order valence-electron chi connectivity index (χ1n) is 7.67. The molecular weight excluding hydrogens is 328 g/mol. The number of likely N-dealkylation sites (N-methyl/N-ethyl adjacent to an activating group) is 1. The van der Waals surface area contributed by atoms with Crippen LogP contribution in [0, 0.1) is 11.7 Å². The highest BCUT2D eigenvalue weighted by atomic mass is 19.4. The van der Waals surface area contributed by atoms with E-state index in [9.17, 15) is 27.5 Å². The molecule has 0 aliphatic heterocycles. The summed E-state index contributed by atoms with van der Waals surface area (Å²) in [4.78, 5) is 13.3. The monoisotopic (exact) mass is 348 g/mol. The molecule has 0 bridgehead atoms. The van der Waals surface area contributed by atoms with Gasteiger partial charge in [0, 0.05) is 13.6 Å². The van der Waals surface area contributed by atoms with Gasteiger partial charge in [-0.3, -0.25) is 0 Å². The number of benzene rings is 1. The number of nitrogens with one attached hydrogen (secondary N) is 1. The van der Waals surface area contributed by atoms with Gasteiger partial charge < -0.3 is 15.3 Å². The van der Waals surface area contributed by atoms with Crippen LogP contribution < -0.4 is 5.32 Å². The predicted octanol–water partition coefficient (Wildman–Crippen LogP) is 3.23. The van der Waals surface area contributed by atoms with Crippen LogP contribution >= 0.6 is 0 Å². The molecule has 1 aliphatic carbocycles. The van der Waals surface area contributed by atoms with Crippen molar-refractivity contribution in [2.75, 3.05) is 13.6 Å². The van der Waals surface area contributed by atoms with Crippen LogP contribution in [0.3, 0.4) is 0 Å². The molecule has 1 aliphatic rings. The van der Waals surface area contributed by atoms with Crippen molar-refractivity contribution in [1.82, 2.24) is 10.2 Å². The summed E-state index contributed by atoms with van der Waals surface area (Å²) < 4.78 is 51.3. The predicted molar refractivity (Wildman–Crippen MR) is 79.7 cm³/mol. The maximum absolute atomic E-state index is 13.0. The molecule has 2 rings (SSSR count). The number of carbonyl (C=O) groups excluding carboxylic acids is 1. The van der Waals surface area contributed by atoms with E-state index in [4.69, 9.17) is 0 Å². The number of urea groups is 1. The van der Waals surface area contributed by atoms with Crippen LogP contribution in [0.5, 0.6) is 0 Å². The largest absolute Gasteiger partial charge is 0.391 e. The number of alkyl halides is 3. The number of aliphatic hydroxyl groups excluding tert-OH is 1. The minimum atomic E-state index is -4.49. The zero-order valence-corrected chi connectivity index (χ0v) is 13.2. The van der Waals surface area contributed by atoms with Crippen molar-refractivity contribution in [3.05, 3.63) is 35.6 Å². The minimum Gasteiger partial charge on any atom is -0.391 e. The van der Waals surface area contributed by atoms with E-state index < -0.39 is 36.6 Å². The van der Waals surface area contributed by atoms with Gasteiger partial charge in [-0.15, -0.1) is 0 Å². The van der Waals surface area contributed by atoms with Gasteiger partial charge in [-0.2, -0.15) is 13.2 Å². The van der Waals surface area contributed by atoms with Crippen LogP contribution in [0.1, 0.15) is 30.9 Å². The Bertz CT molecular complexity index is 558. The summed E-state index contributed by atoms with van der Waals surface area (Å²) >= 11 is 0. The third-order valence-corrected chi connectivity index (χ3v) is 3.98. The van der Waals surface area contributed by atoms with Crippen molar-refractivity contribution in [2.45, 2.75) is 37.6 Å². The van der Waals surface area contributed by atoms with Gasteiger partial charge in [-0.1, -0.05) is 12.1 Å². The zero-order valence-electron chi connectivity index (χ0n) is 13.2. The van der Waals surface area contributed by atoms with Crippen LogP contribution in [0.4, 0.5) is 22.4 Å². The lowest BCUT2D eigenvalue weighted by Gasteiger charge is -2.26. The second kappa shape index (κ2) is 7.38. The molecule has 134 valence electrons. The van der Waals surface area contributed by atoms with E-state index >= 15 is 0 Å². The van der Waals surface area contributed by atoms with E-state index in [1.165, 1.54) is 19.2 Å². The van der Waals surface area contributed by atoms with E-state index in [1.54, 1.807) is 0 Å². The number of rotatable bonds is 6. The maximum Gasteiger partial charge on any atom is 0.391 e. The molecular formula is C16H20F4N2O2. The normalized spacial score (nSPS) is 17.2. The molecule has 1 fully saturated rings. The maximum atomic E-state index is 13.0. The van der Waals surface area contributed by atoms with Gasteiger partial charge in [0.1, 0.15) is 5.82 Å². The SMILES string of the molecule is CN(CC(O)C1CC1)C(=O)NC(CC(F)(F)F)c1ccc(F)cc1. The third kappa shape index (κ3) is 5.67. The van der Waals surface area contributed by atoms with Crippen molar-refractivity contribution in [3.63, 3.8) is 0 Å². The number of hydrogen-bond acceptors (Lipinski definition) is 2. The van der Waals surface area contributed by atoms with Crippen molar-refractivity contribution in [1.29, 1.82) is 0 Å².